The number of rotatable bonds is 3. The normalized spacial score (nSPS) is 26.2. The van der Waals surface area contributed by atoms with Crippen LogP contribution in [-0.2, 0) is 0 Å². The van der Waals surface area contributed by atoms with Crippen molar-refractivity contribution in [3.8, 4) is 0 Å². The van der Waals surface area contributed by atoms with Gasteiger partial charge in [0.15, 0.2) is 0 Å². The van der Waals surface area contributed by atoms with E-state index >= 15 is 0 Å². The first kappa shape index (κ1) is 21.4. The van der Waals surface area contributed by atoms with E-state index in [4.69, 9.17) is 10.1 Å². The highest BCUT2D eigenvalue weighted by molar-refractivity contribution is 6.02. The van der Waals surface area contributed by atoms with Crippen LogP contribution in [0.2, 0.25) is 0 Å². The lowest BCUT2D eigenvalue weighted by atomic mass is 9.93. The summed E-state index contributed by atoms with van der Waals surface area (Å²) in [4.78, 5) is 19.9. The Labute approximate surface area is 195 Å². The maximum atomic E-state index is 12.8. The van der Waals surface area contributed by atoms with Gasteiger partial charge >= 0.3 is 0 Å². The SMILES string of the molecule is Cc1ccccc1C1=CC(=NC2CCN(C(=O)c3ccccc3)CC2)N2N=CC(C)C2(C)N1. The third-order valence-corrected chi connectivity index (χ3v) is 7.13. The van der Waals surface area contributed by atoms with Gasteiger partial charge in [0.1, 0.15) is 11.5 Å². The molecule has 3 aliphatic rings. The number of benzene rings is 2. The van der Waals surface area contributed by atoms with E-state index in [-0.39, 0.29) is 23.5 Å². The number of amides is 1. The van der Waals surface area contributed by atoms with Crippen molar-refractivity contribution in [3.05, 3.63) is 77.4 Å². The van der Waals surface area contributed by atoms with Crippen LogP contribution >= 0.6 is 0 Å². The van der Waals surface area contributed by atoms with Gasteiger partial charge in [-0.1, -0.05) is 49.4 Å². The van der Waals surface area contributed by atoms with E-state index in [1.54, 1.807) is 0 Å². The molecule has 2 unspecified atom stereocenters. The number of amidine groups is 1. The summed E-state index contributed by atoms with van der Waals surface area (Å²) in [5, 5.41) is 10.5. The van der Waals surface area contributed by atoms with Gasteiger partial charge in [-0.05, 0) is 44.4 Å². The van der Waals surface area contributed by atoms with Crippen molar-refractivity contribution in [2.24, 2.45) is 16.0 Å². The third-order valence-electron chi connectivity index (χ3n) is 7.13. The van der Waals surface area contributed by atoms with Gasteiger partial charge in [-0.15, -0.1) is 0 Å². The topological polar surface area (TPSA) is 60.3 Å². The van der Waals surface area contributed by atoms with Crippen LogP contribution in [0.15, 0.2) is 70.8 Å². The number of nitrogens with one attached hydrogen (secondary N) is 1. The Bertz CT molecular complexity index is 1130. The van der Waals surface area contributed by atoms with Crippen molar-refractivity contribution in [1.29, 1.82) is 0 Å². The Balaban J connectivity index is 1.38. The second kappa shape index (κ2) is 8.50. The number of hydrogen-bond donors (Lipinski definition) is 1. The van der Waals surface area contributed by atoms with Crippen LogP contribution in [-0.4, -0.2) is 52.7 Å². The van der Waals surface area contributed by atoms with Gasteiger partial charge in [0.2, 0.25) is 0 Å². The van der Waals surface area contributed by atoms with Gasteiger partial charge in [0.25, 0.3) is 5.91 Å². The third kappa shape index (κ3) is 3.94. The highest BCUT2D eigenvalue weighted by atomic mass is 16.2. The summed E-state index contributed by atoms with van der Waals surface area (Å²) in [6.07, 6.45) is 5.83. The van der Waals surface area contributed by atoms with E-state index in [2.05, 4.69) is 56.4 Å². The fourth-order valence-electron chi connectivity index (χ4n) is 4.85. The molecular weight excluding hydrogens is 410 g/mol. The molecule has 33 heavy (non-hydrogen) atoms. The molecule has 2 atom stereocenters. The first-order valence-corrected chi connectivity index (χ1v) is 11.8. The standard InChI is InChI=1S/C27H31N5O/c1-19-9-7-8-12-23(19)24-17-25(32-27(3,30-24)20(2)18-28-32)29-22-13-15-31(16-14-22)26(33)21-10-5-4-6-11-21/h4-12,17-18,20,22,30H,13-16H2,1-3H3. The summed E-state index contributed by atoms with van der Waals surface area (Å²) < 4.78 is 0. The van der Waals surface area contributed by atoms with E-state index in [1.807, 2.05) is 46.5 Å². The molecule has 3 aliphatic heterocycles. The Hall–Kier alpha value is -3.41. The quantitative estimate of drug-likeness (QED) is 0.773. The number of hydrogen-bond acceptors (Lipinski definition) is 4. The van der Waals surface area contributed by atoms with Gasteiger partial charge < -0.3 is 10.2 Å². The van der Waals surface area contributed by atoms with E-state index < -0.39 is 0 Å². The summed E-state index contributed by atoms with van der Waals surface area (Å²) in [6.45, 7) is 7.95. The number of aliphatic imine (C=N–C) groups is 1. The fraction of sp³-hybridized carbons (Fsp3) is 0.370. The number of carbonyl (C=O) groups excluding carboxylic acids is 1. The molecule has 2 aromatic rings. The summed E-state index contributed by atoms with van der Waals surface area (Å²) in [5.74, 6) is 1.24. The highest BCUT2D eigenvalue weighted by Gasteiger charge is 2.46. The number of hydrazone groups is 1. The van der Waals surface area contributed by atoms with Crippen molar-refractivity contribution in [2.45, 2.75) is 45.3 Å². The van der Waals surface area contributed by atoms with Gasteiger partial charge in [0.05, 0.1) is 6.04 Å². The molecule has 0 saturated carbocycles. The molecule has 1 saturated heterocycles. The summed E-state index contributed by atoms with van der Waals surface area (Å²) in [5.41, 5.74) is 3.90. The van der Waals surface area contributed by atoms with Crippen molar-refractivity contribution in [1.82, 2.24) is 15.2 Å². The molecular formula is C27H31N5O. The molecule has 0 aliphatic carbocycles. The monoisotopic (exact) mass is 441 g/mol. The molecule has 0 spiro atoms. The van der Waals surface area contributed by atoms with Crippen molar-refractivity contribution < 1.29 is 4.79 Å². The van der Waals surface area contributed by atoms with E-state index in [0.717, 1.165) is 43.0 Å². The van der Waals surface area contributed by atoms with Crippen LogP contribution in [0.1, 0.15) is 48.2 Å². The molecule has 6 nitrogen and oxygen atoms in total. The Morgan fingerprint density at radius 3 is 2.52 bits per heavy atom. The zero-order valence-electron chi connectivity index (χ0n) is 19.5. The minimum absolute atomic E-state index is 0.107. The molecule has 5 rings (SSSR count). The molecule has 0 bridgehead atoms. The predicted octanol–water partition coefficient (Wildman–Crippen LogP) is 4.30. The smallest absolute Gasteiger partial charge is 0.253 e. The van der Waals surface area contributed by atoms with Gasteiger partial charge in [-0.2, -0.15) is 5.10 Å². The zero-order valence-corrected chi connectivity index (χ0v) is 19.5. The average molecular weight is 442 g/mol. The van der Waals surface area contributed by atoms with E-state index in [9.17, 15) is 4.79 Å². The Morgan fingerprint density at radius 2 is 1.79 bits per heavy atom. The number of carbonyl (C=O) groups is 1. The average Bonchev–Trinajstić information content (AvgIpc) is 3.14. The van der Waals surface area contributed by atoms with Crippen molar-refractivity contribution >= 4 is 23.7 Å². The zero-order chi connectivity index (χ0) is 23.0. The van der Waals surface area contributed by atoms with Gasteiger partial charge in [-0.3, -0.25) is 9.79 Å². The maximum absolute atomic E-state index is 12.8. The second-order valence-corrected chi connectivity index (χ2v) is 9.39. The first-order chi connectivity index (χ1) is 16.0. The minimum atomic E-state index is -0.352. The fourth-order valence-corrected chi connectivity index (χ4v) is 4.85. The van der Waals surface area contributed by atoms with E-state index in [1.165, 1.54) is 11.1 Å². The van der Waals surface area contributed by atoms with E-state index in [0.29, 0.717) is 0 Å². The molecule has 1 amide bonds. The van der Waals surface area contributed by atoms with Crippen LogP contribution in [0.25, 0.3) is 5.70 Å². The summed E-state index contributed by atoms with van der Waals surface area (Å²) in [7, 11) is 0. The Kier molecular flexibility index (Phi) is 5.52. The Morgan fingerprint density at radius 1 is 1.09 bits per heavy atom. The number of aryl methyl sites for hydroxylation is 1. The number of nitrogens with zero attached hydrogens (tertiary/aromatic N) is 4. The first-order valence-electron chi connectivity index (χ1n) is 11.8. The summed E-state index contributed by atoms with van der Waals surface area (Å²) in [6, 6.07) is 18.1. The molecule has 6 heteroatoms. The lowest BCUT2D eigenvalue weighted by molar-refractivity contribution is 0.0714. The van der Waals surface area contributed by atoms with Crippen LogP contribution in [0.4, 0.5) is 0 Å². The molecule has 0 radical (unpaired) electrons. The molecule has 2 aromatic carbocycles. The van der Waals surface area contributed by atoms with Crippen LogP contribution in [0, 0.1) is 12.8 Å². The number of fused-ring (bicyclic) bond motifs is 1. The van der Waals surface area contributed by atoms with Crippen LogP contribution < -0.4 is 5.32 Å². The van der Waals surface area contributed by atoms with Gasteiger partial charge in [0, 0.05) is 48.1 Å². The lowest BCUT2D eigenvalue weighted by Crippen LogP contribution is -2.59. The van der Waals surface area contributed by atoms with Crippen LogP contribution in [0.5, 0.6) is 0 Å². The maximum Gasteiger partial charge on any atom is 0.253 e. The van der Waals surface area contributed by atoms with Gasteiger partial charge in [-0.25, -0.2) is 5.01 Å². The van der Waals surface area contributed by atoms with Crippen molar-refractivity contribution in [3.63, 3.8) is 0 Å². The second-order valence-electron chi connectivity index (χ2n) is 9.39. The molecule has 1 N–H and O–H groups in total. The highest BCUT2D eigenvalue weighted by Crippen LogP contribution is 2.35. The molecule has 170 valence electrons. The molecule has 0 aromatic heterocycles. The number of likely N-dealkylation sites (tertiary alicyclic amines) is 1. The largest absolute Gasteiger partial charge is 0.360 e. The molecule has 1 fully saturated rings. The van der Waals surface area contributed by atoms with Crippen LogP contribution in [0.3, 0.4) is 0 Å². The number of piperidine rings is 1. The minimum Gasteiger partial charge on any atom is -0.360 e. The summed E-state index contributed by atoms with van der Waals surface area (Å²) >= 11 is 0. The van der Waals surface area contributed by atoms with Crippen molar-refractivity contribution in [2.75, 3.05) is 13.1 Å². The lowest BCUT2D eigenvalue weighted by Gasteiger charge is -2.43. The predicted molar refractivity (Wildman–Crippen MR) is 133 cm³/mol. The molecule has 3 heterocycles.